The lowest BCUT2D eigenvalue weighted by Crippen LogP contribution is -2.48. The van der Waals surface area contributed by atoms with Gasteiger partial charge < -0.3 is 14.7 Å². The van der Waals surface area contributed by atoms with Crippen LogP contribution in [0.1, 0.15) is 22.3 Å². The number of carbonyl (C=O) groups excluding carboxylic acids is 1. The third kappa shape index (κ3) is 5.07. The molecule has 8 nitrogen and oxygen atoms in total. The van der Waals surface area contributed by atoms with Gasteiger partial charge in [-0.2, -0.15) is 5.10 Å². The molecular weight excluding hydrogens is 348 g/mol. The van der Waals surface area contributed by atoms with Crippen LogP contribution >= 0.6 is 0 Å². The highest BCUT2D eigenvalue weighted by atomic mass is 16.5. The lowest BCUT2D eigenvalue weighted by molar-refractivity contribution is -0.137. The predicted molar refractivity (Wildman–Crippen MR) is 98.7 cm³/mol. The van der Waals surface area contributed by atoms with Gasteiger partial charge in [-0.25, -0.2) is 0 Å². The molecule has 0 bridgehead atoms. The van der Waals surface area contributed by atoms with Crippen molar-refractivity contribution >= 4 is 11.9 Å². The Kier molecular flexibility index (Phi) is 6.08. The summed E-state index contributed by atoms with van der Waals surface area (Å²) in [4.78, 5) is 27.4. The summed E-state index contributed by atoms with van der Waals surface area (Å²) >= 11 is 0. The lowest BCUT2D eigenvalue weighted by Gasteiger charge is -2.34. The van der Waals surface area contributed by atoms with Crippen LogP contribution in [0.3, 0.4) is 0 Å². The van der Waals surface area contributed by atoms with Crippen molar-refractivity contribution in [3.63, 3.8) is 0 Å². The number of benzene rings is 1. The first kappa shape index (κ1) is 18.9. The van der Waals surface area contributed by atoms with Crippen LogP contribution in [-0.4, -0.2) is 69.9 Å². The molecule has 0 unspecified atom stereocenters. The van der Waals surface area contributed by atoms with E-state index in [1.54, 1.807) is 13.3 Å². The summed E-state index contributed by atoms with van der Waals surface area (Å²) in [5.74, 6) is -0.0925. The highest BCUT2D eigenvalue weighted by Crippen LogP contribution is 2.15. The summed E-state index contributed by atoms with van der Waals surface area (Å²) in [6.45, 7) is 4.05. The summed E-state index contributed by atoms with van der Waals surface area (Å²) in [6, 6.07) is 8.03. The number of carbonyl (C=O) groups is 2. The second kappa shape index (κ2) is 8.68. The van der Waals surface area contributed by atoms with Crippen molar-refractivity contribution in [1.29, 1.82) is 0 Å². The maximum Gasteiger partial charge on any atom is 0.305 e. The van der Waals surface area contributed by atoms with Gasteiger partial charge in [0.05, 0.1) is 31.8 Å². The zero-order valence-electron chi connectivity index (χ0n) is 15.4. The number of aryl methyl sites for hydroxylation is 1. The van der Waals surface area contributed by atoms with Crippen LogP contribution in [0.4, 0.5) is 0 Å². The van der Waals surface area contributed by atoms with E-state index in [2.05, 4.69) is 22.1 Å². The number of aliphatic carboxylic acids is 1. The molecule has 1 aromatic heterocycles. The fourth-order valence-corrected chi connectivity index (χ4v) is 3.09. The van der Waals surface area contributed by atoms with E-state index in [0.717, 1.165) is 25.4 Å². The van der Waals surface area contributed by atoms with E-state index in [0.29, 0.717) is 18.7 Å². The van der Waals surface area contributed by atoms with Gasteiger partial charge in [-0.15, -0.1) is 0 Å². The molecule has 144 valence electrons. The topological polar surface area (TPSA) is 87.9 Å². The van der Waals surface area contributed by atoms with E-state index in [1.165, 1.54) is 16.4 Å². The van der Waals surface area contributed by atoms with E-state index in [4.69, 9.17) is 9.84 Å². The Morgan fingerprint density at radius 2 is 1.85 bits per heavy atom. The number of rotatable bonds is 7. The molecule has 0 spiro atoms. The number of amides is 1. The average Bonchev–Trinajstić information content (AvgIpc) is 3.16. The first-order valence-corrected chi connectivity index (χ1v) is 8.94. The van der Waals surface area contributed by atoms with E-state index in [1.807, 2.05) is 17.0 Å². The molecule has 8 heteroatoms. The third-order valence-electron chi connectivity index (χ3n) is 4.66. The minimum absolute atomic E-state index is 0.0145. The van der Waals surface area contributed by atoms with Crippen molar-refractivity contribution in [2.75, 3.05) is 33.3 Å². The minimum atomic E-state index is -0.883. The number of piperazine rings is 1. The van der Waals surface area contributed by atoms with Crippen LogP contribution in [0.5, 0.6) is 5.75 Å². The second-order valence-corrected chi connectivity index (χ2v) is 6.55. The molecule has 1 aromatic carbocycles. The highest BCUT2D eigenvalue weighted by molar-refractivity contribution is 5.93. The van der Waals surface area contributed by atoms with E-state index in [9.17, 15) is 9.59 Å². The molecule has 27 heavy (non-hydrogen) atoms. The number of ether oxygens (including phenoxy) is 1. The fourth-order valence-electron chi connectivity index (χ4n) is 3.09. The summed E-state index contributed by atoms with van der Waals surface area (Å²) in [5.41, 5.74) is 1.72. The van der Waals surface area contributed by atoms with Gasteiger partial charge in [0.2, 0.25) is 0 Å². The molecule has 1 N–H and O–H groups in total. The third-order valence-corrected chi connectivity index (χ3v) is 4.66. The van der Waals surface area contributed by atoms with Crippen LogP contribution in [0.2, 0.25) is 0 Å². The Labute approximate surface area is 157 Å². The second-order valence-electron chi connectivity index (χ2n) is 6.55. The Hall–Kier alpha value is -2.87. The van der Waals surface area contributed by atoms with Crippen LogP contribution in [0.15, 0.2) is 36.7 Å². The summed E-state index contributed by atoms with van der Waals surface area (Å²) in [7, 11) is 1.65. The van der Waals surface area contributed by atoms with Gasteiger partial charge in [0.1, 0.15) is 5.75 Å². The monoisotopic (exact) mass is 372 g/mol. The molecule has 1 aliphatic rings. The molecule has 0 radical (unpaired) electrons. The van der Waals surface area contributed by atoms with Crippen molar-refractivity contribution in [3.8, 4) is 5.75 Å². The smallest absolute Gasteiger partial charge is 0.305 e. The number of aromatic nitrogens is 2. The number of nitrogens with zero attached hydrogens (tertiary/aromatic N) is 4. The number of carboxylic acids is 1. The van der Waals surface area contributed by atoms with Crippen molar-refractivity contribution in [1.82, 2.24) is 19.6 Å². The fraction of sp³-hybridized carbons (Fsp3) is 0.421. The molecule has 0 saturated carbocycles. The molecular formula is C19H24N4O4. The maximum atomic E-state index is 12.6. The van der Waals surface area contributed by atoms with Crippen LogP contribution in [0.25, 0.3) is 0 Å². The van der Waals surface area contributed by atoms with E-state index >= 15 is 0 Å². The van der Waals surface area contributed by atoms with Crippen LogP contribution in [-0.2, 0) is 17.9 Å². The Bertz CT molecular complexity index is 779. The molecule has 1 fully saturated rings. The normalized spacial score (nSPS) is 14.9. The molecule has 3 rings (SSSR count). The number of hydrogen-bond donors (Lipinski definition) is 1. The van der Waals surface area contributed by atoms with Gasteiger partial charge in [-0.05, 0) is 17.7 Å². The molecule has 1 amide bonds. The lowest BCUT2D eigenvalue weighted by atomic mass is 10.2. The van der Waals surface area contributed by atoms with Crippen LogP contribution < -0.4 is 4.74 Å². The quantitative estimate of drug-likeness (QED) is 0.789. The first-order valence-electron chi connectivity index (χ1n) is 8.94. The van der Waals surface area contributed by atoms with Gasteiger partial charge in [0.25, 0.3) is 5.91 Å². The SMILES string of the molecule is COc1ccc(CN2CCN(C(=O)c3cnn(CCC(=O)O)c3)CC2)cc1. The maximum absolute atomic E-state index is 12.6. The van der Waals surface area contributed by atoms with Crippen molar-refractivity contribution in [2.24, 2.45) is 0 Å². The molecule has 1 saturated heterocycles. The van der Waals surface area contributed by atoms with Crippen molar-refractivity contribution in [2.45, 2.75) is 19.5 Å². The van der Waals surface area contributed by atoms with E-state index < -0.39 is 5.97 Å². The number of hydrogen-bond acceptors (Lipinski definition) is 5. The number of methoxy groups -OCH3 is 1. The standard InChI is InChI=1S/C19H24N4O4/c1-27-17-4-2-15(3-5-17)13-21-8-10-22(11-9-21)19(26)16-12-20-23(14-16)7-6-18(24)25/h2-5,12,14H,6-11,13H2,1H3,(H,24,25). The van der Waals surface area contributed by atoms with Crippen molar-refractivity contribution in [3.05, 3.63) is 47.8 Å². The van der Waals surface area contributed by atoms with Gasteiger partial charge in [0, 0.05) is 38.9 Å². The minimum Gasteiger partial charge on any atom is -0.497 e. The van der Waals surface area contributed by atoms with Crippen LogP contribution in [0, 0.1) is 0 Å². The average molecular weight is 372 g/mol. The number of carboxylic acid groups (broad SMARTS) is 1. The molecule has 2 heterocycles. The zero-order valence-corrected chi connectivity index (χ0v) is 15.4. The molecule has 1 aliphatic heterocycles. The van der Waals surface area contributed by atoms with Gasteiger partial charge in [-0.3, -0.25) is 19.2 Å². The highest BCUT2D eigenvalue weighted by Gasteiger charge is 2.23. The van der Waals surface area contributed by atoms with Gasteiger partial charge >= 0.3 is 5.97 Å². The van der Waals surface area contributed by atoms with Crippen molar-refractivity contribution < 1.29 is 19.4 Å². The first-order chi connectivity index (χ1) is 13.0. The van der Waals surface area contributed by atoms with Gasteiger partial charge in [0.15, 0.2) is 0 Å². The van der Waals surface area contributed by atoms with Gasteiger partial charge in [-0.1, -0.05) is 12.1 Å². The molecule has 2 aromatic rings. The summed E-state index contributed by atoms with van der Waals surface area (Å²) in [5, 5.41) is 12.8. The molecule has 0 aliphatic carbocycles. The largest absolute Gasteiger partial charge is 0.497 e. The Morgan fingerprint density at radius 3 is 2.48 bits per heavy atom. The Morgan fingerprint density at radius 1 is 1.15 bits per heavy atom. The summed E-state index contributed by atoms with van der Waals surface area (Å²) < 4.78 is 6.68. The summed E-state index contributed by atoms with van der Waals surface area (Å²) in [6.07, 6.45) is 3.11. The van der Waals surface area contributed by atoms with E-state index in [-0.39, 0.29) is 18.9 Å². The predicted octanol–water partition coefficient (Wildman–Crippen LogP) is 1.32. The Balaban J connectivity index is 1.49. The molecule has 0 atom stereocenters. The zero-order chi connectivity index (χ0) is 19.2.